The average molecular weight is 240 g/mol. The van der Waals surface area contributed by atoms with Crippen molar-refractivity contribution in [2.75, 3.05) is 12.8 Å². The van der Waals surface area contributed by atoms with E-state index in [1.807, 2.05) is 0 Å². The molecule has 92 valence electrons. The minimum atomic E-state index is -0.894. The molecule has 0 aliphatic rings. The zero-order valence-electron chi connectivity index (χ0n) is 9.45. The number of halogens is 1. The molecule has 1 aromatic rings. The van der Waals surface area contributed by atoms with E-state index in [2.05, 4.69) is 15.6 Å². The first-order chi connectivity index (χ1) is 7.97. The number of aromatic nitrogens is 1. The first-order valence-electron chi connectivity index (χ1n) is 4.89. The van der Waals surface area contributed by atoms with Crippen LogP contribution in [-0.2, 0) is 4.79 Å². The summed E-state index contributed by atoms with van der Waals surface area (Å²) in [6.07, 6.45) is 1.22. The Morgan fingerprint density at radius 3 is 2.76 bits per heavy atom. The van der Waals surface area contributed by atoms with Gasteiger partial charge in [0.25, 0.3) is 5.91 Å². The second-order valence-electron chi connectivity index (χ2n) is 3.37. The minimum absolute atomic E-state index is 0.242. The molecule has 7 heteroatoms. The van der Waals surface area contributed by atoms with Gasteiger partial charge >= 0.3 is 0 Å². The Morgan fingerprint density at radius 1 is 1.53 bits per heavy atom. The number of carbonyl (C=O) groups is 2. The highest BCUT2D eigenvalue weighted by Crippen LogP contribution is 2.11. The summed E-state index contributed by atoms with van der Waals surface area (Å²) in [7, 11) is 1.44. The van der Waals surface area contributed by atoms with Crippen LogP contribution in [0.5, 0.6) is 0 Å². The van der Waals surface area contributed by atoms with Gasteiger partial charge in [-0.3, -0.25) is 9.59 Å². The number of likely N-dealkylation sites (N-methyl/N-ethyl adjacent to an activating group) is 1. The lowest BCUT2D eigenvalue weighted by molar-refractivity contribution is -0.122. The summed E-state index contributed by atoms with van der Waals surface area (Å²) in [6.45, 7) is 1.49. The monoisotopic (exact) mass is 240 g/mol. The van der Waals surface area contributed by atoms with E-state index in [-0.39, 0.29) is 17.3 Å². The SMILES string of the molecule is CNC(=O)C(C)NC(=O)c1ccnc(N)c1F. The van der Waals surface area contributed by atoms with Crippen LogP contribution >= 0.6 is 0 Å². The number of nitrogens with one attached hydrogen (secondary N) is 2. The molecule has 1 heterocycles. The predicted octanol–water partition coefficient (Wildman–Crippen LogP) is -0.333. The second-order valence-corrected chi connectivity index (χ2v) is 3.37. The maximum absolute atomic E-state index is 13.4. The zero-order chi connectivity index (χ0) is 13.0. The van der Waals surface area contributed by atoms with Crippen LogP contribution in [0.15, 0.2) is 12.3 Å². The Kier molecular flexibility index (Phi) is 3.97. The highest BCUT2D eigenvalue weighted by atomic mass is 19.1. The summed E-state index contributed by atoms with van der Waals surface area (Å²) < 4.78 is 13.4. The van der Waals surface area contributed by atoms with Gasteiger partial charge in [-0.1, -0.05) is 0 Å². The number of nitrogen functional groups attached to an aromatic ring is 1. The van der Waals surface area contributed by atoms with E-state index in [1.54, 1.807) is 0 Å². The second kappa shape index (κ2) is 5.24. The van der Waals surface area contributed by atoms with Crippen LogP contribution in [0.1, 0.15) is 17.3 Å². The van der Waals surface area contributed by atoms with Crippen molar-refractivity contribution in [3.8, 4) is 0 Å². The maximum atomic E-state index is 13.4. The fourth-order valence-corrected chi connectivity index (χ4v) is 1.19. The van der Waals surface area contributed by atoms with Crippen LogP contribution < -0.4 is 16.4 Å². The molecule has 1 unspecified atom stereocenters. The number of amides is 2. The third-order valence-electron chi connectivity index (χ3n) is 2.15. The van der Waals surface area contributed by atoms with Crippen LogP contribution in [-0.4, -0.2) is 29.9 Å². The van der Waals surface area contributed by atoms with Crippen molar-refractivity contribution in [1.82, 2.24) is 15.6 Å². The molecular weight excluding hydrogens is 227 g/mol. The van der Waals surface area contributed by atoms with Crippen molar-refractivity contribution in [3.05, 3.63) is 23.6 Å². The van der Waals surface area contributed by atoms with Gasteiger partial charge in [0.05, 0.1) is 5.56 Å². The van der Waals surface area contributed by atoms with Crippen LogP contribution in [0.25, 0.3) is 0 Å². The molecule has 1 rings (SSSR count). The largest absolute Gasteiger partial charge is 0.381 e. The number of carbonyl (C=O) groups excluding carboxylic acids is 2. The minimum Gasteiger partial charge on any atom is -0.381 e. The average Bonchev–Trinajstić information content (AvgIpc) is 2.31. The Balaban J connectivity index is 2.84. The van der Waals surface area contributed by atoms with Crippen LogP contribution in [0.4, 0.5) is 10.2 Å². The predicted molar refractivity (Wildman–Crippen MR) is 59.6 cm³/mol. The number of hydrogen-bond acceptors (Lipinski definition) is 4. The van der Waals surface area contributed by atoms with E-state index in [0.717, 1.165) is 0 Å². The molecule has 0 aliphatic carbocycles. The summed E-state index contributed by atoms with van der Waals surface area (Å²) >= 11 is 0. The number of nitrogens with two attached hydrogens (primary N) is 1. The highest BCUT2D eigenvalue weighted by Gasteiger charge is 2.19. The van der Waals surface area contributed by atoms with Crippen molar-refractivity contribution in [2.24, 2.45) is 0 Å². The molecule has 6 nitrogen and oxygen atoms in total. The molecule has 0 aliphatic heterocycles. The van der Waals surface area contributed by atoms with Gasteiger partial charge in [0, 0.05) is 13.2 Å². The Morgan fingerprint density at radius 2 is 2.18 bits per heavy atom. The van der Waals surface area contributed by atoms with Crippen molar-refractivity contribution in [3.63, 3.8) is 0 Å². The number of hydrogen-bond donors (Lipinski definition) is 3. The van der Waals surface area contributed by atoms with Gasteiger partial charge in [-0.2, -0.15) is 0 Å². The lowest BCUT2D eigenvalue weighted by Gasteiger charge is -2.12. The Hall–Kier alpha value is -2.18. The molecule has 1 atom stereocenters. The van der Waals surface area contributed by atoms with Gasteiger partial charge < -0.3 is 16.4 Å². The number of nitrogens with zero attached hydrogens (tertiary/aromatic N) is 1. The van der Waals surface area contributed by atoms with Gasteiger partial charge in [-0.05, 0) is 13.0 Å². The molecule has 0 spiro atoms. The van der Waals surface area contributed by atoms with Gasteiger partial charge in [0.15, 0.2) is 11.6 Å². The van der Waals surface area contributed by atoms with E-state index >= 15 is 0 Å². The van der Waals surface area contributed by atoms with E-state index in [0.29, 0.717) is 0 Å². The molecule has 2 amide bonds. The van der Waals surface area contributed by atoms with Crippen LogP contribution in [0, 0.1) is 5.82 Å². The van der Waals surface area contributed by atoms with Crippen molar-refractivity contribution >= 4 is 17.6 Å². The lowest BCUT2D eigenvalue weighted by Crippen LogP contribution is -2.43. The van der Waals surface area contributed by atoms with Gasteiger partial charge in [-0.15, -0.1) is 0 Å². The maximum Gasteiger partial charge on any atom is 0.255 e. The summed E-state index contributed by atoms with van der Waals surface area (Å²) in [5.74, 6) is -2.34. The van der Waals surface area contributed by atoms with Crippen molar-refractivity contribution in [1.29, 1.82) is 0 Å². The molecule has 4 N–H and O–H groups in total. The van der Waals surface area contributed by atoms with E-state index in [9.17, 15) is 14.0 Å². The highest BCUT2D eigenvalue weighted by molar-refractivity contribution is 5.98. The quantitative estimate of drug-likeness (QED) is 0.673. The molecule has 0 aromatic carbocycles. The fourth-order valence-electron chi connectivity index (χ4n) is 1.19. The molecule has 17 heavy (non-hydrogen) atoms. The van der Waals surface area contributed by atoms with Crippen molar-refractivity contribution < 1.29 is 14.0 Å². The number of anilines is 1. The molecule has 0 bridgehead atoms. The van der Waals surface area contributed by atoms with Crippen LogP contribution in [0.3, 0.4) is 0 Å². The van der Waals surface area contributed by atoms with Crippen LogP contribution in [0.2, 0.25) is 0 Å². The van der Waals surface area contributed by atoms with Gasteiger partial charge in [0.1, 0.15) is 6.04 Å². The fraction of sp³-hybridized carbons (Fsp3) is 0.300. The molecule has 0 fully saturated rings. The standard InChI is InChI=1S/C10H13FN4O2/c1-5(9(16)13-2)15-10(17)6-3-4-14-8(12)7(6)11/h3-5H,1-2H3,(H2,12,14)(H,13,16)(H,15,17). The summed E-state index contributed by atoms with van der Waals surface area (Å²) in [5.41, 5.74) is 4.99. The van der Waals surface area contributed by atoms with Crippen molar-refractivity contribution in [2.45, 2.75) is 13.0 Å². The first-order valence-corrected chi connectivity index (χ1v) is 4.89. The third kappa shape index (κ3) is 2.90. The normalized spacial score (nSPS) is 11.7. The van der Waals surface area contributed by atoms with Gasteiger partial charge in [-0.25, -0.2) is 9.37 Å². The zero-order valence-corrected chi connectivity index (χ0v) is 9.45. The Labute approximate surface area is 97.4 Å². The molecule has 1 aromatic heterocycles. The summed E-state index contributed by atoms with van der Waals surface area (Å²) in [5, 5.41) is 4.70. The number of pyridine rings is 1. The Bertz CT molecular complexity index is 450. The van der Waals surface area contributed by atoms with E-state index < -0.39 is 17.8 Å². The lowest BCUT2D eigenvalue weighted by atomic mass is 10.2. The topological polar surface area (TPSA) is 97.1 Å². The summed E-state index contributed by atoms with van der Waals surface area (Å²) in [4.78, 5) is 26.3. The first kappa shape index (κ1) is 12.9. The molecule has 0 radical (unpaired) electrons. The summed E-state index contributed by atoms with van der Waals surface area (Å²) in [6, 6.07) is 0.429. The molecule has 0 saturated carbocycles. The third-order valence-corrected chi connectivity index (χ3v) is 2.15. The molecular formula is C10H13FN4O2. The smallest absolute Gasteiger partial charge is 0.255 e. The van der Waals surface area contributed by atoms with Gasteiger partial charge in [0.2, 0.25) is 5.91 Å². The number of rotatable bonds is 3. The van der Waals surface area contributed by atoms with E-state index in [4.69, 9.17) is 5.73 Å². The molecule has 0 saturated heterocycles. The van der Waals surface area contributed by atoms with E-state index in [1.165, 1.54) is 26.2 Å².